The first kappa shape index (κ1) is 10.9. The third-order valence-electron chi connectivity index (χ3n) is 2.46. The molecule has 0 saturated heterocycles. The van der Waals surface area contributed by atoms with E-state index >= 15 is 0 Å². The first-order valence-corrected chi connectivity index (χ1v) is 5.31. The van der Waals surface area contributed by atoms with Crippen LogP contribution in [-0.2, 0) is 4.79 Å². The highest BCUT2D eigenvalue weighted by molar-refractivity contribution is 6.34. The molecule has 0 spiro atoms. The first-order valence-electron chi connectivity index (χ1n) is 4.94. The van der Waals surface area contributed by atoms with E-state index < -0.39 is 11.9 Å². The highest BCUT2D eigenvalue weighted by Gasteiger charge is 2.19. The number of benzene rings is 1. The standard InChI is InChI=1S/C10H11ClN4O/c1-2-7(10(12)16)15-8-5-3-4-6(11)9(8)13-14-15/h3-5,7H,2H2,1H3,(H2,12,16). The van der Waals surface area contributed by atoms with Crippen molar-refractivity contribution >= 4 is 28.5 Å². The molecule has 0 bridgehead atoms. The zero-order chi connectivity index (χ0) is 11.7. The highest BCUT2D eigenvalue weighted by atomic mass is 35.5. The number of hydrogen-bond donors (Lipinski definition) is 1. The number of carbonyl (C=O) groups excluding carboxylic acids is 1. The predicted octanol–water partition coefficient (Wildman–Crippen LogP) is 1.52. The van der Waals surface area contributed by atoms with Gasteiger partial charge in [-0.3, -0.25) is 4.79 Å². The third kappa shape index (κ3) is 1.63. The molecule has 2 N–H and O–H groups in total. The SMILES string of the molecule is CCC(C(N)=O)n1nnc2c(Cl)cccc21. The summed E-state index contributed by atoms with van der Waals surface area (Å²) in [5, 5.41) is 8.39. The summed E-state index contributed by atoms with van der Waals surface area (Å²) in [7, 11) is 0. The van der Waals surface area contributed by atoms with E-state index in [0.29, 0.717) is 17.0 Å². The van der Waals surface area contributed by atoms with E-state index in [1.807, 2.05) is 13.0 Å². The Bertz CT molecular complexity index is 537. The Morgan fingerprint density at radius 3 is 3.00 bits per heavy atom. The van der Waals surface area contributed by atoms with Crippen LogP contribution in [0.5, 0.6) is 0 Å². The molecule has 6 heteroatoms. The van der Waals surface area contributed by atoms with Gasteiger partial charge in [0.1, 0.15) is 11.6 Å². The first-order chi connectivity index (χ1) is 7.65. The Kier molecular flexibility index (Phi) is 2.78. The molecule has 2 rings (SSSR count). The van der Waals surface area contributed by atoms with E-state index in [2.05, 4.69) is 10.3 Å². The normalized spacial score (nSPS) is 12.9. The van der Waals surface area contributed by atoms with Gasteiger partial charge in [-0.15, -0.1) is 5.10 Å². The molecule has 0 aliphatic rings. The topological polar surface area (TPSA) is 73.8 Å². The Morgan fingerprint density at radius 1 is 1.62 bits per heavy atom. The van der Waals surface area contributed by atoms with Crippen molar-refractivity contribution in [3.05, 3.63) is 23.2 Å². The van der Waals surface area contributed by atoms with E-state index in [4.69, 9.17) is 17.3 Å². The van der Waals surface area contributed by atoms with Gasteiger partial charge < -0.3 is 5.73 Å². The zero-order valence-electron chi connectivity index (χ0n) is 8.72. The molecule has 1 aromatic carbocycles. The summed E-state index contributed by atoms with van der Waals surface area (Å²) < 4.78 is 1.52. The number of nitrogens with two attached hydrogens (primary N) is 1. The minimum atomic E-state index is -0.483. The minimum absolute atomic E-state index is 0.422. The van der Waals surface area contributed by atoms with Crippen molar-refractivity contribution in [2.24, 2.45) is 5.73 Å². The lowest BCUT2D eigenvalue weighted by Crippen LogP contribution is -2.26. The number of halogens is 1. The lowest BCUT2D eigenvalue weighted by molar-refractivity contribution is -0.121. The summed E-state index contributed by atoms with van der Waals surface area (Å²) >= 11 is 5.97. The summed E-state index contributed by atoms with van der Waals surface area (Å²) in [5.41, 5.74) is 6.61. The molecule has 1 aromatic heterocycles. The van der Waals surface area contributed by atoms with Gasteiger partial charge in [0, 0.05) is 0 Å². The molecule has 1 heterocycles. The predicted molar refractivity (Wildman–Crippen MR) is 61.1 cm³/mol. The molecule has 1 unspecified atom stereocenters. The smallest absolute Gasteiger partial charge is 0.242 e. The molecule has 0 saturated carbocycles. The average molecular weight is 239 g/mol. The summed E-state index contributed by atoms with van der Waals surface area (Å²) in [6.45, 7) is 1.87. The van der Waals surface area contributed by atoms with Crippen LogP contribution in [0.4, 0.5) is 0 Å². The maximum absolute atomic E-state index is 11.3. The third-order valence-corrected chi connectivity index (χ3v) is 2.77. The van der Waals surface area contributed by atoms with E-state index in [9.17, 15) is 4.79 Å². The Balaban J connectivity index is 2.61. The van der Waals surface area contributed by atoms with Gasteiger partial charge in [0.15, 0.2) is 0 Å². The van der Waals surface area contributed by atoms with Crippen LogP contribution in [-0.4, -0.2) is 20.9 Å². The van der Waals surface area contributed by atoms with Crippen LogP contribution in [0.3, 0.4) is 0 Å². The fourth-order valence-electron chi connectivity index (χ4n) is 1.65. The Morgan fingerprint density at radius 2 is 2.38 bits per heavy atom. The number of rotatable bonds is 3. The van der Waals surface area contributed by atoms with Crippen molar-refractivity contribution in [2.45, 2.75) is 19.4 Å². The summed E-state index contributed by atoms with van der Waals surface area (Å²) in [5.74, 6) is -0.422. The van der Waals surface area contributed by atoms with Gasteiger partial charge in [0.25, 0.3) is 0 Å². The van der Waals surface area contributed by atoms with Gasteiger partial charge in [0.05, 0.1) is 10.5 Å². The van der Waals surface area contributed by atoms with E-state index in [-0.39, 0.29) is 0 Å². The van der Waals surface area contributed by atoms with Crippen LogP contribution >= 0.6 is 11.6 Å². The van der Waals surface area contributed by atoms with Crippen molar-refractivity contribution in [3.8, 4) is 0 Å². The maximum Gasteiger partial charge on any atom is 0.242 e. The second kappa shape index (κ2) is 4.09. The Labute approximate surface area is 97.2 Å². The van der Waals surface area contributed by atoms with Crippen molar-refractivity contribution < 1.29 is 4.79 Å². The number of hydrogen-bond acceptors (Lipinski definition) is 3. The second-order valence-electron chi connectivity index (χ2n) is 3.47. The lowest BCUT2D eigenvalue weighted by Gasteiger charge is -2.11. The molecule has 1 amide bonds. The Hall–Kier alpha value is -1.62. The minimum Gasteiger partial charge on any atom is -0.368 e. The van der Waals surface area contributed by atoms with Gasteiger partial charge in [-0.2, -0.15) is 0 Å². The molecule has 2 aromatic rings. The number of primary amides is 1. The van der Waals surface area contributed by atoms with E-state index in [1.54, 1.807) is 12.1 Å². The highest BCUT2D eigenvalue weighted by Crippen LogP contribution is 2.23. The van der Waals surface area contributed by atoms with Crippen LogP contribution in [0, 0.1) is 0 Å². The molecule has 1 atom stereocenters. The lowest BCUT2D eigenvalue weighted by atomic mass is 10.2. The van der Waals surface area contributed by atoms with Gasteiger partial charge in [-0.25, -0.2) is 4.68 Å². The molecule has 5 nitrogen and oxygen atoms in total. The van der Waals surface area contributed by atoms with Crippen molar-refractivity contribution in [1.82, 2.24) is 15.0 Å². The van der Waals surface area contributed by atoms with Gasteiger partial charge in [-0.05, 0) is 18.6 Å². The number of fused-ring (bicyclic) bond motifs is 1. The summed E-state index contributed by atoms with van der Waals surface area (Å²) in [6.07, 6.45) is 0.570. The molecule has 16 heavy (non-hydrogen) atoms. The van der Waals surface area contributed by atoms with Crippen LogP contribution in [0.25, 0.3) is 11.0 Å². The fraction of sp³-hybridized carbons (Fsp3) is 0.300. The number of aromatic nitrogens is 3. The molecular formula is C10H11ClN4O. The van der Waals surface area contributed by atoms with Gasteiger partial charge in [0.2, 0.25) is 5.91 Å². The van der Waals surface area contributed by atoms with Crippen molar-refractivity contribution in [2.75, 3.05) is 0 Å². The second-order valence-corrected chi connectivity index (χ2v) is 3.88. The van der Waals surface area contributed by atoms with Gasteiger partial charge in [-0.1, -0.05) is 29.8 Å². The molecular weight excluding hydrogens is 228 g/mol. The quantitative estimate of drug-likeness (QED) is 0.881. The number of carbonyl (C=O) groups is 1. The van der Waals surface area contributed by atoms with Crippen LogP contribution in [0.1, 0.15) is 19.4 Å². The largest absolute Gasteiger partial charge is 0.368 e. The zero-order valence-corrected chi connectivity index (χ0v) is 9.48. The van der Waals surface area contributed by atoms with Crippen LogP contribution < -0.4 is 5.73 Å². The number of nitrogens with zero attached hydrogens (tertiary/aromatic N) is 3. The molecule has 0 radical (unpaired) electrons. The van der Waals surface area contributed by atoms with E-state index in [0.717, 1.165) is 5.52 Å². The van der Waals surface area contributed by atoms with Crippen molar-refractivity contribution in [3.63, 3.8) is 0 Å². The molecule has 0 aliphatic carbocycles. The van der Waals surface area contributed by atoms with E-state index in [1.165, 1.54) is 4.68 Å². The monoisotopic (exact) mass is 238 g/mol. The van der Waals surface area contributed by atoms with Crippen LogP contribution in [0.2, 0.25) is 5.02 Å². The fourth-order valence-corrected chi connectivity index (χ4v) is 1.86. The summed E-state index contributed by atoms with van der Waals surface area (Å²) in [6, 6.07) is 4.85. The maximum atomic E-state index is 11.3. The summed E-state index contributed by atoms with van der Waals surface area (Å²) in [4.78, 5) is 11.3. The van der Waals surface area contributed by atoms with Crippen molar-refractivity contribution in [1.29, 1.82) is 0 Å². The van der Waals surface area contributed by atoms with Crippen LogP contribution in [0.15, 0.2) is 18.2 Å². The number of amides is 1. The average Bonchev–Trinajstić information content (AvgIpc) is 2.64. The molecule has 0 fully saturated rings. The molecule has 84 valence electrons. The van der Waals surface area contributed by atoms with Gasteiger partial charge >= 0.3 is 0 Å². The molecule has 0 aliphatic heterocycles.